The lowest BCUT2D eigenvalue weighted by Gasteiger charge is -2.09. The number of carbonyl (C=O) groups excluding carboxylic acids is 1. The number of carbonyl (C=O) groups is 1. The zero-order valence-corrected chi connectivity index (χ0v) is 12.4. The molecule has 0 amide bonds. The molecule has 0 aliphatic heterocycles. The molecule has 1 N–H and O–H groups in total. The number of halogens is 1. The Labute approximate surface area is 124 Å². The third-order valence-electron chi connectivity index (χ3n) is 3.27. The smallest absolute Gasteiger partial charge is 0.344 e. The van der Waals surface area contributed by atoms with Gasteiger partial charge in [-0.25, -0.2) is 9.18 Å². The van der Waals surface area contributed by atoms with Gasteiger partial charge < -0.3 is 14.8 Å². The van der Waals surface area contributed by atoms with Crippen LogP contribution in [-0.2, 0) is 16.1 Å². The Morgan fingerprint density at radius 1 is 1.43 bits per heavy atom. The third kappa shape index (κ3) is 5.71. The Hall–Kier alpha value is -1.62. The molecular weight excluding hydrogens is 273 g/mol. The van der Waals surface area contributed by atoms with Crippen LogP contribution in [0.25, 0.3) is 0 Å². The first-order valence-corrected chi connectivity index (χ1v) is 7.49. The number of rotatable bonds is 9. The summed E-state index contributed by atoms with van der Waals surface area (Å²) in [6.45, 7) is 2.79. The van der Waals surface area contributed by atoms with Crippen molar-refractivity contribution in [2.75, 3.05) is 13.2 Å². The second kappa shape index (κ2) is 7.98. The van der Waals surface area contributed by atoms with E-state index in [1.54, 1.807) is 12.1 Å². The number of hydrogen-bond donors (Lipinski definition) is 1. The molecule has 1 aliphatic rings. The van der Waals surface area contributed by atoms with Crippen molar-refractivity contribution in [3.05, 3.63) is 29.6 Å². The number of esters is 1. The summed E-state index contributed by atoms with van der Waals surface area (Å²) in [6.07, 6.45) is 4.18. The van der Waals surface area contributed by atoms with Crippen molar-refractivity contribution in [1.29, 1.82) is 0 Å². The highest BCUT2D eigenvalue weighted by atomic mass is 19.1. The SMILES string of the molecule is CCCCOC(=O)COc1ccc(CNC2CC2)cc1F. The third-order valence-corrected chi connectivity index (χ3v) is 3.27. The predicted molar refractivity (Wildman–Crippen MR) is 77.6 cm³/mol. The summed E-state index contributed by atoms with van der Waals surface area (Å²) in [5.74, 6) is -0.841. The van der Waals surface area contributed by atoms with Gasteiger partial charge in [0.05, 0.1) is 6.61 Å². The molecule has 0 spiro atoms. The summed E-state index contributed by atoms with van der Waals surface area (Å²) in [5, 5.41) is 3.32. The molecule has 2 rings (SSSR count). The Kier molecular flexibility index (Phi) is 5.99. The molecule has 1 fully saturated rings. The highest BCUT2D eigenvalue weighted by Gasteiger charge is 2.20. The molecule has 1 saturated carbocycles. The van der Waals surface area contributed by atoms with E-state index in [0.29, 0.717) is 19.2 Å². The van der Waals surface area contributed by atoms with Crippen LogP contribution >= 0.6 is 0 Å². The van der Waals surface area contributed by atoms with E-state index in [4.69, 9.17) is 9.47 Å². The largest absolute Gasteiger partial charge is 0.479 e. The molecule has 0 heterocycles. The summed E-state index contributed by atoms with van der Waals surface area (Å²) in [4.78, 5) is 11.4. The van der Waals surface area contributed by atoms with Crippen LogP contribution < -0.4 is 10.1 Å². The Balaban J connectivity index is 1.75. The Bertz CT molecular complexity index is 475. The van der Waals surface area contributed by atoms with Crippen LogP contribution in [0.2, 0.25) is 0 Å². The zero-order chi connectivity index (χ0) is 15.1. The van der Waals surface area contributed by atoms with Crippen molar-refractivity contribution >= 4 is 5.97 Å². The lowest BCUT2D eigenvalue weighted by molar-refractivity contribution is -0.146. The standard InChI is InChI=1S/C16H22FNO3/c1-2-3-8-20-16(19)11-21-15-7-4-12(9-14(15)17)10-18-13-5-6-13/h4,7,9,13,18H,2-3,5-6,8,10-11H2,1H3. The van der Waals surface area contributed by atoms with Gasteiger partial charge in [-0.3, -0.25) is 0 Å². The summed E-state index contributed by atoms with van der Waals surface area (Å²) < 4.78 is 23.9. The van der Waals surface area contributed by atoms with Crippen LogP contribution in [0, 0.1) is 5.82 Å². The van der Waals surface area contributed by atoms with Gasteiger partial charge in [-0.1, -0.05) is 19.4 Å². The fourth-order valence-electron chi connectivity index (χ4n) is 1.83. The molecule has 0 aromatic heterocycles. The van der Waals surface area contributed by atoms with Gasteiger partial charge in [-0.2, -0.15) is 0 Å². The van der Waals surface area contributed by atoms with Crippen molar-refractivity contribution in [3.63, 3.8) is 0 Å². The van der Waals surface area contributed by atoms with Crippen LogP contribution in [0.5, 0.6) is 5.75 Å². The molecular formula is C16H22FNO3. The van der Waals surface area contributed by atoms with Crippen molar-refractivity contribution in [3.8, 4) is 5.75 Å². The number of hydrogen-bond acceptors (Lipinski definition) is 4. The average molecular weight is 295 g/mol. The fourth-order valence-corrected chi connectivity index (χ4v) is 1.83. The van der Waals surface area contributed by atoms with Crippen LogP contribution in [0.4, 0.5) is 4.39 Å². The molecule has 1 aromatic carbocycles. The number of ether oxygens (including phenoxy) is 2. The lowest BCUT2D eigenvalue weighted by atomic mass is 10.2. The van der Waals surface area contributed by atoms with Crippen LogP contribution in [-0.4, -0.2) is 25.2 Å². The van der Waals surface area contributed by atoms with Gasteiger partial charge in [0.15, 0.2) is 18.2 Å². The molecule has 0 unspecified atom stereocenters. The second-order valence-electron chi connectivity index (χ2n) is 5.28. The molecule has 1 aliphatic carbocycles. The van der Waals surface area contributed by atoms with E-state index in [0.717, 1.165) is 18.4 Å². The summed E-state index contributed by atoms with van der Waals surface area (Å²) in [6, 6.07) is 5.38. The van der Waals surface area contributed by atoms with Crippen LogP contribution in [0.15, 0.2) is 18.2 Å². The van der Waals surface area contributed by atoms with E-state index in [1.807, 2.05) is 6.92 Å². The fraction of sp³-hybridized carbons (Fsp3) is 0.562. The number of nitrogens with one attached hydrogen (secondary N) is 1. The predicted octanol–water partition coefficient (Wildman–Crippen LogP) is 2.80. The molecule has 0 saturated heterocycles. The maximum atomic E-state index is 13.8. The first kappa shape index (κ1) is 15.8. The van der Waals surface area contributed by atoms with Crippen molar-refractivity contribution < 1.29 is 18.7 Å². The quantitative estimate of drug-likeness (QED) is 0.562. The first-order valence-electron chi connectivity index (χ1n) is 7.49. The van der Waals surface area contributed by atoms with Crippen LogP contribution in [0.1, 0.15) is 38.2 Å². The maximum Gasteiger partial charge on any atom is 0.344 e. The maximum absolute atomic E-state index is 13.8. The van der Waals surface area contributed by atoms with E-state index in [-0.39, 0.29) is 12.4 Å². The molecule has 21 heavy (non-hydrogen) atoms. The lowest BCUT2D eigenvalue weighted by Crippen LogP contribution is -2.17. The monoisotopic (exact) mass is 295 g/mol. The van der Waals surface area contributed by atoms with Gasteiger partial charge in [-0.05, 0) is 37.0 Å². The molecule has 0 atom stereocenters. The average Bonchev–Trinajstić information content (AvgIpc) is 3.28. The molecule has 0 radical (unpaired) electrons. The van der Waals surface area contributed by atoms with Crippen molar-refractivity contribution in [1.82, 2.24) is 5.32 Å². The van der Waals surface area contributed by atoms with Crippen molar-refractivity contribution in [2.45, 2.75) is 45.2 Å². The van der Waals surface area contributed by atoms with Gasteiger partial charge in [0.2, 0.25) is 0 Å². The van der Waals surface area contributed by atoms with Gasteiger partial charge >= 0.3 is 5.97 Å². The topological polar surface area (TPSA) is 47.6 Å². The number of benzene rings is 1. The number of unbranched alkanes of at least 4 members (excludes halogenated alkanes) is 1. The molecule has 0 bridgehead atoms. The van der Waals surface area contributed by atoms with Gasteiger partial charge in [0.1, 0.15) is 0 Å². The summed E-state index contributed by atoms with van der Waals surface area (Å²) in [7, 11) is 0. The highest BCUT2D eigenvalue weighted by Crippen LogP contribution is 2.21. The second-order valence-corrected chi connectivity index (χ2v) is 5.28. The molecule has 116 valence electrons. The molecule has 1 aromatic rings. The van der Waals surface area contributed by atoms with Gasteiger partial charge in [0.25, 0.3) is 0 Å². The van der Waals surface area contributed by atoms with Crippen LogP contribution in [0.3, 0.4) is 0 Å². The normalized spacial score (nSPS) is 14.0. The molecule has 5 heteroatoms. The van der Waals surface area contributed by atoms with E-state index >= 15 is 0 Å². The minimum absolute atomic E-state index is 0.0811. The zero-order valence-electron chi connectivity index (χ0n) is 12.4. The van der Waals surface area contributed by atoms with Gasteiger partial charge in [0, 0.05) is 12.6 Å². The first-order chi connectivity index (χ1) is 10.2. The van der Waals surface area contributed by atoms with E-state index in [1.165, 1.54) is 18.9 Å². The van der Waals surface area contributed by atoms with E-state index < -0.39 is 11.8 Å². The van der Waals surface area contributed by atoms with E-state index in [9.17, 15) is 9.18 Å². The summed E-state index contributed by atoms with van der Waals surface area (Å²) in [5.41, 5.74) is 0.872. The van der Waals surface area contributed by atoms with Crippen molar-refractivity contribution in [2.24, 2.45) is 0 Å². The van der Waals surface area contributed by atoms with Gasteiger partial charge in [-0.15, -0.1) is 0 Å². The molecule has 4 nitrogen and oxygen atoms in total. The minimum Gasteiger partial charge on any atom is -0.479 e. The van der Waals surface area contributed by atoms with E-state index in [2.05, 4.69) is 5.32 Å². The highest BCUT2D eigenvalue weighted by molar-refractivity contribution is 5.71. The minimum atomic E-state index is -0.470. The Morgan fingerprint density at radius 2 is 2.24 bits per heavy atom. The Morgan fingerprint density at radius 3 is 2.90 bits per heavy atom. The summed E-state index contributed by atoms with van der Waals surface area (Å²) >= 11 is 0.